The highest BCUT2D eigenvalue weighted by Gasteiger charge is 2.39. The molecule has 0 aromatic heterocycles. The molecule has 2 rings (SSSR count). The van der Waals surface area contributed by atoms with Gasteiger partial charge in [-0.1, -0.05) is 6.42 Å². The molecule has 3 N–H and O–H groups in total. The number of nitrogens with zero attached hydrogens (tertiary/aromatic N) is 1. The summed E-state index contributed by atoms with van der Waals surface area (Å²) in [5.74, 6) is 0. The Balaban J connectivity index is 1.70. The van der Waals surface area contributed by atoms with E-state index in [0.29, 0.717) is 6.04 Å². The molecule has 1 saturated carbocycles. The van der Waals surface area contributed by atoms with Crippen LogP contribution in [0.1, 0.15) is 44.9 Å². The number of hydrogen-bond acceptors (Lipinski definition) is 3. The van der Waals surface area contributed by atoms with E-state index in [1.165, 1.54) is 25.8 Å². The van der Waals surface area contributed by atoms with Crippen LogP contribution < -0.4 is 5.73 Å². The molecular weight excluding hydrogens is 188 g/mol. The Kier molecular flexibility index (Phi) is 3.65. The predicted molar refractivity (Wildman–Crippen MR) is 61.7 cm³/mol. The summed E-state index contributed by atoms with van der Waals surface area (Å²) in [5, 5.41) is 9.79. The average molecular weight is 212 g/mol. The van der Waals surface area contributed by atoms with Crippen LogP contribution >= 0.6 is 0 Å². The van der Waals surface area contributed by atoms with E-state index in [9.17, 15) is 5.11 Å². The van der Waals surface area contributed by atoms with Crippen LogP contribution in [0.15, 0.2) is 0 Å². The second-order valence-corrected chi connectivity index (χ2v) is 5.36. The fourth-order valence-electron chi connectivity index (χ4n) is 2.33. The maximum atomic E-state index is 9.79. The first-order valence-electron chi connectivity index (χ1n) is 6.38. The highest BCUT2D eigenvalue weighted by molar-refractivity contribution is 4.93. The van der Waals surface area contributed by atoms with E-state index in [2.05, 4.69) is 4.90 Å². The van der Waals surface area contributed by atoms with E-state index in [4.69, 9.17) is 5.73 Å². The van der Waals surface area contributed by atoms with Gasteiger partial charge in [0.25, 0.3) is 0 Å². The Morgan fingerprint density at radius 3 is 2.73 bits per heavy atom. The molecule has 15 heavy (non-hydrogen) atoms. The van der Waals surface area contributed by atoms with Gasteiger partial charge in [0.15, 0.2) is 0 Å². The molecule has 0 amide bonds. The molecule has 0 aromatic carbocycles. The van der Waals surface area contributed by atoms with Crippen molar-refractivity contribution in [1.82, 2.24) is 4.90 Å². The standard InChI is InChI=1S/C12H24N2O/c13-11-3-1-2-8-14(9-4-11)10-7-12(15)5-6-12/h11,15H,1-10,13H2. The lowest BCUT2D eigenvalue weighted by atomic mass is 10.0. The first kappa shape index (κ1) is 11.4. The van der Waals surface area contributed by atoms with Crippen LogP contribution in [0.5, 0.6) is 0 Å². The van der Waals surface area contributed by atoms with Crippen molar-refractivity contribution in [2.24, 2.45) is 5.73 Å². The largest absolute Gasteiger partial charge is 0.390 e. The molecule has 1 aliphatic heterocycles. The summed E-state index contributed by atoms with van der Waals surface area (Å²) in [7, 11) is 0. The number of aliphatic hydroxyl groups is 1. The van der Waals surface area contributed by atoms with Crippen LogP contribution in [0.2, 0.25) is 0 Å². The van der Waals surface area contributed by atoms with Gasteiger partial charge >= 0.3 is 0 Å². The van der Waals surface area contributed by atoms with Gasteiger partial charge in [-0.15, -0.1) is 0 Å². The summed E-state index contributed by atoms with van der Waals surface area (Å²) in [5.41, 5.74) is 5.70. The van der Waals surface area contributed by atoms with E-state index in [1.807, 2.05) is 0 Å². The van der Waals surface area contributed by atoms with E-state index in [1.54, 1.807) is 0 Å². The SMILES string of the molecule is NC1CCCCN(CCC2(O)CC2)CC1. The van der Waals surface area contributed by atoms with Crippen molar-refractivity contribution in [2.45, 2.75) is 56.6 Å². The summed E-state index contributed by atoms with van der Waals surface area (Å²) >= 11 is 0. The lowest BCUT2D eigenvalue weighted by molar-refractivity contribution is 0.115. The highest BCUT2D eigenvalue weighted by atomic mass is 16.3. The summed E-state index contributed by atoms with van der Waals surface area (Å²) in [4.78, 5) is 2.48. The number of hydrogen-bond donors (Lipinski definition) is 2. The van der Waals surface area contributed by atoms with Crippen molar-refractivity contribution >= 4 is 0 Å². The normalized spacial score (nSPS) is 32.0. The van der Waals surface area contributed by atoms with Crippen LogP contribution in [0.4, 0.5) is 0 Å². The molecule has 1 unspecified atom stereocenters. The van der Waals surface area contributed by atoms with Crippen LogP contribution in [0.25, 0.3) is 0 Å². The smallest absolute Gasteiger partial charge is 0.0662 e. The van der Waals surface area contributed by atoms with Gasteiger partial charge < -0.3 is 15.7 Å². The molecular formula is C12H24N2O. The molecule has 2 fully saturated rings. The molecule has 0 radical (unpaired) electrons. The molecule has 3 nitrogen and oxygen atoms in total. The molecule has 0 bridgehead atoms. The van der Waals surface area contributed by atoms with Crippen LogP contribution in [0.3, 0.4) is 0 Å². The zero-order valence-corrected chi connectivity index (χ0v) is 9.62. The van der Waals surface area contributed by atoms with Gasteiger partial charge in [0.2, 0.25) is 0 Å². The Labute approximate surface area is 92.6 Å². The molecule has 0 spiro atoms. The van der Waals surface area contributed by atoms with Crippen LogP contribution in [0, 0.1) is 0 Å². The third kappa shape index (κ3) is 3.74. The topological polar surface area (TPSA) is 49.5 Å². The zero-order valence-electron chi connectivity index (χ0n) is 9.62. The molecule has 2 aliphatic rings. The van der Waals surface area contributed by atoms with Crippen LogP contribution in [-0.2, 0) is 0 Å². The lowest BCUT2D eigenvalue weighted by Gasteiger charge is -2.27. The van der Waals surface area contributed by atoms with Gasteiger partial charge in [-0.3, -0.25) is 0 Å². The molecule has 88 valence electrons. The molecule has 3 heteroatoms. The zero-order chi connectivity index (χ0) is 10.7. The van der Waals surface area contributed by atoms with E-state index in [0.717, 1.165) is 38.8 Å². The second-order valence-electron chi connectivity index (χ2n) is 5.36. The van der Waals surface area contributed by atoms with Crippen molar-refractivity contribution in [3.05, 3.63) is 0 Å². The van der Waals surface area contributed by atoms with Crippen LogP contribution in [-0.4, -0.2) is 41.3 Å². The summed E-state index contributed by atoms with van der Waals surface area (Å²) in [6, 6.07) is 0.400. The summed E-state index contributed by atoms with van der Waals surface area (Å²) in [6.07, 6.45) is 7.84. The third-order valence-electron chi connectivity index (χ3n) is 3.84. The fraction of sp³-hybridized carbons (Fsp3) is 1.00. The quantitative estimate of drug-likeness (QED) is 0.736. The van der Waals surface area contributed by atoms with E-state index < -0.39 is 0 Å². The minimum atomic E-state index is -0.287. The average Bonchev–Trinajstić information content (AvgIpc) is 2.91. The fourth-order valence-corrected chi connectivity index (χ4v) is 2.33. The number of nitrogens with two attached hydrogens (primary N) is 1. The van der Waals surface area contributed by atoms with Gasteiger partial charge in [0.05, 0.1) is 5.60 Å². The Morgan fingerprint density at radius 2 is 2.00 bits per heavy atom. The molecule has 0 aromatic rings. The van der Waals surface area contributed by atoms with Crippen molar-refractivity contribution in [3.8, 4) is 0 Å². The summed E-state index contributed by atoms with van der Waals surface area (Å²) in [6.45, 7) is 3.38. The predicted octanol–water partition coefficient (Wildman–Crippen LogP) is 1.10. The Hall–Kier alpha value is -0.120. The van der Waals surface area contributed by atoms with Gasteiger partial charge in [-0.2, -0.15) is 0 Å². The van der Waals surface area contributed by atoms with Crippen molar-refractivity contribution in [1.29, 1.82) is 0 Å². The van der Waals surface area contributed by atoms with Gasteiger partial charge in [0.1, 0.15) is 0 Å². The minimum Gasteiger partial charge on any atom is -0.390 e. The first-order valence-corrected chi connectivity index (χ1v) is 6.38. The maximum absolute atomic E-state index is 9.79. The minimum absolute atomic E-state index is 0.287. The summed E-state index contributed by atoms with van der Waals surface area (Å²) < 4.78 is 0. The monoisotopic (exact) mass is 212 g/mol. The number of rotatable bonds is 3. The Morgan fingerprint density at radius 1 is 1.20 bits per heavy atom. The van der Waals surface area contributed by atoms with Gasteiger partial charge in [-0.25, -0.2) is 0 Å². The first-order chi connectivity index (χ1) is 7.18. The van der Waals surface area contributed by atoms with Crippen molar-refractivity contribution in [2.75, 3.05) is 19.6 Å². The molecule has 1 heterocycles. The van der Waals surface area contributed by atoms with E-state index in [-0.39, 0.29) is 5.60 Å². The molecule has 1 aliphatic carbocycles. The van der Waals surface area contributed by atoms with Crippen molar-refractivity contribution in [3.63, 3.8) is 0 Å². The van der Waals surface area contributed by atoms with Gasteiger partial charge in [-0.05, 0) is 51.6 Å². The highest BCUT2D eigenvalue weighted by Crippen LogP contribution is 2.38. The lowest BCUT2D eigenvalue weighted by Crippen LogP contribution is -2.35. The van der Waals surface area contributed by atoms with E-state index >= 15 is 0 Å². The molecule has 1 atom stereocenters. The van der Waals surface area contributed by atoms with Crippen molar-refractivity contribution < 1.29 is 5.11 Å². The second kappa shape index (κ2) is 4.81. The number of likely N-dealkylation sites (tertiary alicyclic amines) is 1. The molecule has 1 saturated heterocycles. The maximum Gasteiger partial charge on any atom is 0.0662 e. The van der Waals surface area contributed by atoms with Gasteiger partial charge in [0, 0.05) is 12.6 Å². The third-order valence-corrected chi connectivity index (χ3v) is 3.84. The Bertz CT molecular complexity index is 204.